The third-order valence-electron chi connectivity index (χ3n) is 6.51. The molecule has 1 N–H and O–H groups in total. The van der Waals surface area contributed by atoms with Crippen molar-refractivity contribution in [3.63, 3.8) is 0 Å². The van der Waals surface area contributed by atoms with Crippen LogP contribution in [0.5, 0.6) is 0 Å². The number of carboxylic acid groups (broad SMARTS) is 1. The van der Waals surface area contributed by atoms with E-state index in [4.69, 9.17) is 4.98 Å². The fourth-order valence-electron chi connectivity index (χ4n) is 4.83. The van der Waals surface area contributed by atoms with E-state index in [1.165, 1.54) is 18.6 Å². The Bertz CT molecular complexity index is 1200. The summed E-state index contributed by atoms with van der Waals surface area (Å²) >= 11 is 0. The Labute approximate surface area is 201 Å². The lowest BCUT2D eigenvalue weighted by Crippen LogP contribution is -2.35. The Morgan fingerprint density at radius 2 is 1.80 bits per heavy atom. The number of benzene rings is 2. The number of fused-ring (bicyclic) bond motifs is 1. The van der Waals surface area contributed by atoms with Gasteiger partial charge in [0.15, 0.2) is 0 Å². The Morgan fingerprint density at radius 3 is 2.51 bits per heavy atom. The highest BCUT2D eigenvalue weighted by atomic mass is 19.4. The number of imidazole rings is 1. The number of alkyl halides is 3. The molecule has 1 heterocycles. The maximum Gasteiger partial charge on any atom is 0.416 e. The number of carbonyl (C=O) groups is 2. The molecular formula is C26H28F3N3O3. The van der Waals surface area contributed by atoms with Crippen molar-refractivity contribution in [2.24, 2.45) is 0 Å². The van der Waals surface area contributed by atoms with Crippen LogP contribution in [0.25, 0.3) is 11.0 Å². The molecule has 2 aromatic carbocycles. The van der Waals surface area contributed by atoms with E-state index in [0.29, 0.717) is 12.5 Å². The summed E-state index contributed by atoms with van der Waals surface area (Å²) in [6.45, 7) is -0.478. The lowest BCUT2D eigenvalue weighted by Gasteiger charge is -2.24. The molecule has 0 atom stereocenters. The average Bonchev–Trinajstić information content (AvgIpc) is 3.20. The van der Waals surface area contributed by atoms with Crippen molar-refractivity contribution in [1.82, 2.24) is 14.5 Å². The van der Waals surface area contributed by atoms with Gasteiger partial charge in [-0.1, -0.05) is 43.5 Å². The topological polar surface area (TPSA) is 75.4 Å². The molecule has 1 fully saturated rings. The van der Waals surface area contributed by atoms with Crippen LogP contribution in [0, 0.1) is 0 Å². The summed E-state index contributed by atoms with van der Waals surface area (Å²) in [5.41, 5.74) is 1.17. The van der Waals surface area contributed by atoms with Crippen LogP contribution in [0.2, 0.25) is 0 Å². The maximum absolute atomic E-state index is 13.1. The first-order valence-electron chi connectivity index (χ1n) is 11.8. The average molecular weight is 488 g/mol. The molecule has 0 saturated heterocycles. The van der Waals surface area contributed by atoms with Gasteiger partial charge in [-0.15, -0.1) is 0 Å². The lowest BCUT2D eigenvalue weighted by molar-refractivity contribution is -0.145. The number of hydrogen-bond donors (Lipinski definition) is 1. The molecule has 35 heavy (non-hydrogen) atoms. The molecule has 0 bridgehead atoms. The van der Waals surface area contributed by atoms with Gasteiger partial charge in [-0.05, 0) is 42.7 Å². The van der Waals surface area contributed by atoms with E-state index in [1.807, 2.05) is 28.8 Å². The first-order chi connectivity index (χ1) is 16.7. The lowest BCUT2D eigenvalue weighted by atomic mass is 9.88. The quantitative estimate of drug-likeness (QED) is 0.448. The number of amides is 1. The number of nitrogens with zero attached hydrogens (tertiary/aromatic N) is 3. The second-order valence-electron chi connectivity index (χ2n) is 9.04. The maximum atomic E-state index is 13.1. The third kappa shape index (κ3) is 6.01. The number of carboxylic acids is 1. The van der Waals surface area contributed by atoms with Crippen molar-refractivity contribution in [2.75, 3.05) is 6.54 Å². The summed E-state index contributed by atoms with van der Waals surface area (Å²) in [6.07, 6.45) is 1.05. The van der Waals surface area contributed by atoms with E-state index in [2.05, 4.69) is 0 Å². The van der Waals surface area contributed by atoms with Gasteiger partial charge in [0.1, 0.15) is 12.4 Å². The van der Waals surface area contributed by atoms with E-state index < -0.39 is 30.2 Å². The highest BCUT2D eigenvalue weighted by Crippen LogP contribution is 2.34. The fraction of sp³-hybridized carbons (Fsp3) is 0.423. The molecule has 1 aliphatic carbocycles. The zero-order valence-corrected chi connectivity index (χ0v) is 19.3. The van der Waals surface area contributed by atoms with Gasteiger partial charge in [-0.25, -0.2) is 4.98 Å². The van der Waals surface area contributed by atoms with Crippen LogP contribution in [0.4, 0.5) is 13.2 Å². The molecule has 0 aliphatic heterocycles. The molecule has 4 rings (SSSR count). The van der Waals surface area contributed by atoms with E-state index >= 15 is 0 Å². The predicted octanol–water partition coefficient (Wildman–Crippen LogP) is 5.61. The van der Waals surface area contributed by atoms with Gasteiger partial charge in [0.2, 0.25) is 5.91 Å². The summed E-state index contributed by atoms with van der Waals surface area (Å²) in [7, 11) is 0. The Hall–Kier alpha value is -3.36. The van der Waals surface area contributed by atoms with Crippen LogP contribution in [-0.2, 0) is 28.9 Å². The molecular weight excluding hydrogens is 459 g/mol. The summed E-state index contributed by atoms with van der Waals surface area (Å²) in [5.74, 6) is -0.397. The van der Waals surface area contributed by atoms with Crippen LogP contribution >= 0.6 is 0 Å². The highest BCUT2D eigenvalue weighted by Gasteiger charge is 2.31. The van der Waals surface area contributed by atoms with Crippen LogP contribution in [0.15, 0.2) is 48.5 Å². The van der Waals surface area contributed by atoms with Crippen LogP contribution < -0.4 is 0 Å². The SMILES string of the molecule is O=C(O)CN(Cc1cccc(C(F)(F)F)c1)C(=O)CCn1c(C2CCCCC2)nc2ccccc21. The molecule has 1 amide bonds. The second-order valence-corrected chi connectivity index (χ2v) is 9.04. The largest absolute Gasteiger partial charge is 0.480 e. The van der Waals surface area contributed by atoms with E-state index in [1.54, 1.807) is 0 Å². The van der Waals surface area contributed by atoms with Crippen molar-refractivity contribution >= 4 is 22.9 Å². The van der Waals surface area contributed by atoms with Crippen LogP contribution in [0.1, 0.15) is 61.4 Å². The number of hydrogen-bond acceptors (Lipinski definition) is 3. The number of para-hydroxylation sites is 2. The molecule has 9 heteroatoms. The molecule has 1 aliphatic rings. The number of aliphatic carboxylic acids is 1. The van der Waals surface area contributed by atoms with E-state index in [-0.39, 0.29) is 18.5 Å². The molecule has 0 spiro atoms. The highest BCUT2D eigenvalue weighted by molar-refractivity contribution is 5.82. The van der Waals surface area contributed by atoms with Gasteiger partial charge >= 0.3 is 12.1 Å². The molecule has 1 aromatic heterocycles. The first kappa shape index (κ1) is 24.8. The number of aryl methyl sites for hydroxylation is 1. The van der Waals surface area contributed by atoms with Gasteiger partial charge in [0.25, 0.3) is 0 Å². The minimum Gasteiger partial charge on any atom is -0.480 e. The minimum absolute atomic E-state index is 0.0202. The van der Waals surface area contributed by atoms with E-state index in [0.717, 1.165) is 59.6 Å². The monoisotopic (exact) mass is 487 g/mol. The molecule has 0 unspecified atom stereocenters. The Kier molecular flexibility index (Phi) is 7.42. The number of halogens is 3. The number of rotatable bonds is 8. The third-order valence-corrected chi connectivity index (χ3v) is 6.51. The van der Waals surface area contributed by atoms with Crippen molar-refractivity contribution in [3.8, 4) is 0 Å². The van der Waals surface area contributed by atoms with E-state index in [9.17, 15) is 27.9 Å². The van der Waals surface area contributed by atoms with Gasteiger partial charge in [-0.2, -0.15) is 13.2 Å². The van der Waals surface area contributed by atoms with Gasteiger partial charge in [0, 0.05) is 25.4 Å². The summed E-state index contributed by atoms with van der Waals surface area (Å²) in [6, 6.07) is 12.3. The molecule has 186 valence electrons. The number of aromatic nitrogens is 2. The standard InChI is InChI=1S/C26H28F3N3O3/c27-26(28,29)20-10-6-7-18(15-20)16-31(17-24(34)35)23(33)13-14-32-22-12-5-4-11-21(22)30-25(32)19-8-2-1-3-9-19/h4-7,10-12,15,19H,1-3,8-9,13-14,16-17H2,(H,34,35). The molecule has 0 radical (unpaired) electrons. The Balaban J connectivity index is 1.54. The minimum atomic E-state index is -4.52. The zero-order valence-electron chi connectivity index (χ0n) is 19.3. The summed E-state index contributed by atoms with van der Waals surface area (Å²) in [5, 5.41) is 9.31. The van der Waals surface area contributed by atoms with Crippen molar-refractivity contribution in [1.29, 1.82) is 0 Å². The second kappa shape index (κ2) is 10.5. The van der Waals surface area contributed by atoms with Gasteiger partial charge in [0.05, 0.1) is 16.6 Å². The van der Waals surface area contributed by atoms with Crippen LogP contribution in [-0.4, -0.2) is 38.0 Å². The molecule has 3 aromatic rings. The first-order valence-corrected chi connectivity index (χ1v) is 11.8. The van der Waals surface area contributed by atoms with Crippen molar-refractivity contribution < 1.29 is 27.9 Å². The van der Waals surface area contributed by atoms with Crippen molar-refractivity contribution in [3.05, 3.63) is 65.5 Å². The van der Waals surface area contributed by atoms with Crippen molar-refractivity contribution in [2.45, 2.75) is 63.7 Å². The van der Waals surface area contributed by atoms with Crippen LogP contribution in [0.3, 0.4) is 0 Å². The fourth-order valence-corrected chi connectivity index (χ4v) is 4.83. The summed E-state index contributed by atoms with van der Waals surface area (Å²) in [4.78, 5) is 30.4. The summed E-state index contributed by atoms with van der Waals surface area (Å²) < 4.78 is 41.3. The molecule has 1 saturated carbocycles. The zero-order chi connectivity index (χ0) is 25.0. The van der Waals surface area contributed by atoms with Gasteiger partial charge in [-0.3, -0.25) is 9.59 Å². The molecule has 6 nitrogen and oxygen atoms in total. The Morgan fingerprint density at radius 1 is 1.06 bits per heavy atom. The number of carbonyl (C=O) groups excluding carboxylic acids is 1. The smallest absolute Gasteiger partial charge is 0.416 e. The van der Waals surface area contributed by atoms with Gasteiger partial charge < -0.3 is 14.6 Å². The predicted molar refractivity (Wildman–Crippen MR) is 125 cm³/mol. The normalized spacial score (nSPS) is 14.8.